The van der Waals surface area contributed by atoms with Gasteiger partial charge in [-0.05, 0) is 30.6 Å². The van der Waals surface area contributed by atoms with Crippen LogP contribution in [0.4, 0.5) is 0 Å². The van der Waals surface area contributed by atoms with Crippen molar-refractivity contribution in [3.8, 4) is 0 Å². The second-order valence-electron chi connectivity index (χ2n) is 4.63. The minimum absolute atomic E-state index is 0.480. The van der Waals surface area contributed by atoms with Crippen LogP contribution in [-0.4, -0.2) is 6.04 Å². The zero-order valence-corrected chi connectivity index (χ0v) is 8.06. The molecule has 1 aliphatic carbocycles. The lowest BCUT2D eigenvalue weighted by atomic mass is 9.66. The highest BCUT2D eigenvalue weighted by Crippen LogP contribution is 2.41. The largest absolute Gasteiger partial charge is 0.328 e. The summed E-state index contributed by atoms with van der Waals surface area (Å²) in [5.74, 6) is 0.853. The monoisotopic (exact) mass is 155 g/mol. The Morgan fingerprint density at radius 2 is 2.09 bits per heavy atom. The molecule has 1 saturated carbocycles. The first-order valence-electron chi connectivity index (χ1n) is 4.82. The van der Waals surface area contributed by atoms with Gasteiger partial charge in [-0.1, -0.05) is 27.2 Å². The molecule has 0 bridgehead atoms. The second-order valence-corrected chi connectivity index (χ2v) is 4.63. The Balaban J connectivity index is 2.56. The maximum absolute atomic E-state index is 5.92. The minimum atomic E-state index is 0.480. The van der Waals surface area contributed by atoms with Crippen LogP contribution in [0.15, 0.2) is 0 Å². The van der Waals surface area contributed by atoms with Crippen molar-refractivity contribution in [2.45, 2.75) is 52.5 Å². The summed E-state index contributed by atoms with van der Waals surface area (Å²) in [6.45, 7) is 7.05. The van der Waals surface area contributed by atoms with Crippen LogP contribution in [0.25, 0.3) is 0 Å². The van der Waals surface area contributed by atoms with E-state index in [2.05, 4.69) is 20.8 Å². The first-order valence-corrected chi connectivity index (χ1v) is 4.82. The summed E-state index contributed by atoms with van der Waals surface area (Å²) in [4.78, 5) is 0. The predicted octanol–water partition coefficient (Wildman–Crippen LogP) is 2.55. The summed E-state index contributed by atoms with van der Waals surface area (Å²) in [6.07, 6.45) is 5.07. The van der Waals surface area contributed by atoms with E-state index in [1.165, 1.54) is 25.7 Å². The molecule has 1 rings (SSSR count). The van der Waals surface area contributed by atoms with Crippen molar-refractivity contribution in [2.75, 3.05) is 0 Å². The van der Waals surface area contributed by atoms with Crippen molar-refractivity contribution >= 4 is 0 Å². The molecule has 0 aromatic carbocycles. The fourth-order valence-corrected chi connectivity index (χ4v) is 2.28. The topological polar surface area (TPSA) is 26.0 Å². The van der Waals surface area contributed by atoms with E-state index in [-0.39, 0.29) is 0 Å². The van der Waals surface area contributed by atoms with Gasteiger partial charge in [-0.15, -0.1) is 0 Å². The van der Waals surface area contributed by atoms with Crippen molar-refractivity contribution in [1.29, 1.82) is 0 Å². The van der Waals surface area contributed by atoms with Gasteiger partial charge in [0, 0.05) is 6.04 Å². The Morgan fingerprint density at radius 1 is 1.45 bits per heavy atom. The normalized spacial score (nSPS) is 37.1. The molecule has 11 heavy (non-hydrogen) atoms. The highest BCUT2D eigenvalue weighted by Gasteiger charge is 2.33. The van der Waals surface area contributed by atoms with Crippen LogP contribution >= 0.6 is 0 Å². The zero-order valence-electron chi connectivity index (χ0n) is 8.06. The van der Waals surface area contributed by atoms with Gasteiger partial charge < -0.3 is 5.73 Å². The van der Waals surface area contributed by atoms with E-state index in [0.29, 0.717) is 11.5 Å². The fraction of sp³-hybridized carbons (Fsp3) is 1.00. The summed E-state index contributed by atoms with van der Waals surface area (Å²) >= 11 is 0. The van der Waals surface area contributed by atoms with Crippen LogP contribution in [-0.2, 0) is 0 Å². The summed E-state index contributed by atoms with van der Waals surface area (Å²) in [5.41, 5.74) is 6.47. The van der Waals surface area contributed by atoms with Gasteiger partial charge in [-0.3, -0.25) is 0 Å². The Morgan fingerprint density at radius 3 is 2.55 bits per heavy atom. The van der Waals surface area contributed by atoms with Gasteiger partial charge in [-0.25, -0.2) is 0 Å². The molecule has 2 atom stereocenters. The van der Waals surface area contributed by atoms with E-state index < -0.39 is 0 Å². The molecule has 0 spiro atoms. The number of hydrogen-bond donors (Lipinski definition) is 1. The van der Waals surface area contributed by atoms with E-state index in [1.807, 2.05) is 0 Å². The molecular weight excluding hydrogens is 134 g/mol. The van der Waals surface area contributed by atoms with Crippen LogP contribution in [0.5, 0.6) is 0 Å². The van der Waals surface area contributed by atoms with Crippen LogP contribution < -0.4 is 5.73 Å². The SMILES string of the molecule is CCC1CC(N)CCC1(C)C. The maximum atomic E-state index is 5.92. The van der Waals surface area contributed by atoms with E-state index >= 15 is 0 Å². The highest BCUT2D eigenvalue weighted by molar-refractivity contribution is 4.86. The number of rotatable bonds is 1. The molecule has 2 unspecified atom stereocenters. The van der Waals surface area contributed by atoms with Gasteiger partial charge >= 0.3 is 0 Å². The molecule has 0 saturated heterocycles. The Hall–Kier alpha value is -0.0400. The van der Waals surface area contributed by atoms with Crippen LogP contribution in [0.1, 0.15) is 46.5 Å². The van der Waals surface area contributed by atoms with Gasteiger partial charge in [0.15, 0.2) is 0 Å². The quantitative estimate of drug-likeness (QED) is 0.618. The molecular formula is C10H21N. The molecule has 0 radical (unpaired) electrons. The molecule has 0 aliphatic heterocycles. The lowest BCUT2D eigenvalue weighted by molar-refractivity contribution is 0.120. The first kappa shape index (κ1) is 9.05. The summed E-state index contributed by atoms with van der Waals surface area (Å²) in [7, 11) is 0. The summed E-state index contributed by atoms with van der Waals surface area (Å²) in [6, 6.07) is 0.480. The Bertz CT molecular complexity index is 129. The standard InChI is InChI=1S/C10H21N/c1-4-8-7-9(11)5-6-10(8,2)3/h8-9H,4-7,11H2,1-3H3. The molecule has 0 heterocycles. The average molecular weight is 155 g/mol. The Kier molecular flexibility index (Phi) is 2.58. The number of nitrogens with two attached hydrogens (primary N) is 1. The van der Waals surface area contributed by atoms with Crippen molar-refractivity contribution < 1.29 is 0 Å². The van der Waals surface area contributed by atoms with E-state index in [1.54, 1.807) is 0 Å². The summed E-state index contributed by atoms with van der Waals surface area (Å²) < 4.78 is 0. The molecule has 0 aromatic rings. The van der Waals surface area contributed by atoms with Gasteiger partial charge in [0.2, 0.25) is 0 Å². The Labute approximate surface area is 70.4 Å². The third kappa shape index (κ3) is 1.96. The van der Waals surface area contributed by atoms with Crippen molar-refractivity contribution in [2.24, 2.45) is 17.1 Å². The third-order valence-electron chi connectivity index (χ3n) is 3.34. The first-order chi connectivity index (χ1) is 5.06. The maximum Gasteiger partial charge on any atom is 0.00418 e. The van der Waals surface area contributed by atoms with Crippen LogP contribution in [0, 0.1) is 11.3 Å². The van der Waals surface area contributed by atoms with Crippen LogP contribution in [0.2, 0.25) is 0 Å². The molecule has 66 valence electrons. The molecule has 0 amide bonds. The molecule has 1 nitrogen and oxygen atoms in total. The van der Waals surface area contributed by atoms with Crippen molar-refractivity contribution in [3.05, 3.63) is 0 Å². The lowest BCUT2D eigenvalue weighted by Crippen LogP contribution is -2.37. The molecule has 2 N–H and O–H groups in total. The van der Waals surface area contributed by atoms with Gasteiger partial charge in [0.1, 0.15) is 0 Å². The average Bonchev–Trinajstić information content (AvgIpc) is 1.94. The molecule has 1 aliphatic rings. The minimum Gasteiger partial charge on any atom is -0.328 e. The molecule has 1 fully saturated rings. The predicted molar refractivity (Wildman–Crippen MR) is 49.4 cm³/mol. The van der Waals surface area contributed by atoms with Crippen molar-refractivity contribution in [1.82, 2.24) is 0 Å². The van der Waals surface area contributed by atoms with Gasteiger partial charge in [0.25, 0.3) is 0 Å². The van der Waals surface area contributed by atoms with Gasteiger partial charge in [0.05, 0.1) is 0 Å². The zero-order chi connectivity index (χ0) is 8.48. The highest BCUT2D eigenvalue weighted by atomic mass is 14.6. The van der Waals surface area contributed by atoms with Crippen molar-refractivity contribution in [3.63, 3.8) is 0 Å². The third-order valence-corrected chi connectivity index (χ3v) is 3.34. The van der Waals surface area contributed by atoms with E-state index in [0.717, 1.165) is 5.92 Å². The summed E-state index contributed by atoms with van der Waals surface area (Å²) in [5, 5.41) is 0. The van der Waals surface area contributed by atoms with E-state index in [4.69, 9.17) is 5.73 Å². The molecule has 0 aromatic heterocycles. The fourth-order valence-electron chi connectivity index (χ4n) is 2.28. The van der Waals surface area contributed by atoms with Gasteiger partial charge in [-0.2, -0.15) is 0 Å². The smallest absolute Gasteiger partial charge is 0.00418 e. The van der Waals surface area contributed by atoms with E-state index in [9.17, 15) is 0 Å². The molecule has 1 heteroatoms. The number of hydrogen-bond acceptors (Lipinski definition) is 1. The van der Waals surface area contributed by atoms with Crippen LogP contribution in [0.3, 0.4) is 0 Å². The second kappa shape index (κ2) is 3.14. The lowest BCUT2D eigenvalue weighted by Gasteiger charge is -2.40.